The highest BCUT2D eigenvalue weighted by Crippen LogP contribution is 2.12. The highest BCUT2D eigenvalue weighted by atomic mass is 35.5. The molecular formula is C9H19ClN2O. The van der Waals surface area contributed by atoms with Crippen LogP contribution in [0.25, 0.3) is 0 Å². The second-order valence-electron chi connectivity index (χ2n) is 3.73. The monoisotopic (exact) mass is 206 g/mol. The Morgan fingerprint density at radius 1 is 1.46 bits per heavy atom. The lowest BCUT2D eigenvalue weighted by molar-refractivity contribution is -0.133. The van der Waals surface area contributed by atoms with Gasteiger partial charge in [0.1, 0.15) is 0 Å². The number of rotatable bonds is 1. The van der Waals surface area contributed by atoms with Gasteiger partial charge in [-0.3, -0.25) is 4.79 Å². The Labute approximate surface area is 86.1 Å². The van der Waals surface area contributed by atoms with Gasteiger partial charge in [0.15, 0.2) is 0 Å². The smallest absolute Gasteiger partial charge is 0.239 e. The number of nitrogens with two attached hydrogens (primary N) is 1. The van der Waals surface area contributed by atoms with Gasteiger partial charge in [0.05, 0.1) is 6.04 Å². The zero-order valence-corrected chi connectivity index (χ0v) is 9.14. The number of halogens is 1. The molecule has 0 spiro atoms. The Kier molecular flexibility index (Phi) is 5.33. The molecule has 1 atom stereocenters. The zero-order valence-electron chi connectivity index (χ0n) is 8.32. The van der Waals surface area contributed by atoms with Crippen molar-refractivity contribution in [2.75, 3.05) is 6.54 Å². The molecule has 2 N–H and O–H groups in total. The molecule has 4 heteroatoms. The summed E-state index contributed by atoms with van der Waals surface area (Å²) in [4.78, 5) is 13.5. The topological polar surface area (TPSA) is 46.3 Å². The van der Waals surface area contributed by atoms with Crippen LogP contribution in [0.1, 0.15) is 33.1 Å². The molecule has 1 amide bonds. The molecule has 1 fully saturated rings. The summed E-state index contributed by atoms with van der Waals surface area (Å²) in [6, 6.07) is 0.0385. The van der Waals surface area contributed by atoms with Crippen LogP contribution >= 0.6 is 12.4 Å². The van der Waals surface area contributed by atoms with Gasteiger partial charge in [-0.2, -0.15) is 0 Å². The number of nitrogens with zero attached hydrogens (tertiary/aromatic N) is 1. The first-order valence-corrected chi connectivity index (χ1v) is 4.69. The average Bonchev–Trinajstić information content (AvgIpc) is 2.15. The maximum atomic E-state index is 11.6. The molecule has 3 nitrogen and oxygen atoms in total. The molecule has 0 saturated carbocycles. The van der Waals surface area contributed by atoms with Crippen molar-refractivity contribution in [2.45, 2.75) is 45.2 Å². The second-order valence-corrected chi connectivity index (χ2v) is 3.73. The van der Waals surface area contributed by atoms with E-state index in [2.05, 4.69) is 0 Å². The predicted molar refractivity (Wildman–Crippen MR) is 55.9 cm³/mol. The lowest BCUT2D eigenvalue weighted by Crippen LogP contribution is -2.45. The number of hydrogen-bond donors (Lipinski definition) is 1. The number of carbonyl (C=O) groups excluding carboxylic acids is 1. The van der Waals surface area contributed by atoms with Crippen LogP contribution in [0.15, 0.2) is 0 Å². The highest BCUT2D eigenvalue weighted by Gasteiger charge is 2.25. The van der Waals surface area contributed by atoms with Crippen LogP contribution in [0.5, 0.6) is 0 Å². The summed E-state index contributed by atoms with van der Waals surface area (Å²) in [5.41, 5.74) is 5.72. The molecule has 0 radical (unpaired) electrons. The van der Waals surface area contributed by atoms with E-state index in [1.165, 1.54) is 0 Å². The van der Waals surface area contributed by atoms with Crippen molar-refractivity contribution in [3.63, 3.8) is 0 Å². The van der Waals surface area contributed by atoms with Crippen LogP contribution in [0.3, 0.4) is 0 Å². The Hall–Kier alpha value is -0.280. The number of carbonyl (C=O) groups is 1. The van der Waals surface area contributed by atoms with Gasteiger partial charge in [0, 0.05) is 12.6 Å². The largest absolute Gasteiger partial charge is 0.339 e. The maximum Gasteiger partial charge on any atom is 0.239 e. The molecule has 13 heavy (non-hydrogen) atoms. The Morgan fingerprint density at radius 3 is 2.62 bits per heavy atom. The van der Waals surface area contributed by atoms with Crippen molar-refractivity contribution in [1.29, 1.82) is 0 Å². The molecule has 0 unspecified atom stereocenters. The highest BCUT2D eigenvalue weighted by molar-refractivity contribution is 5.85. The van der Waals surface area contributed by atoms with Crippen LogP contribution in [0.4, 0.5) is 0 Å². The van der Waals surface area contributed by atoms with Crippen molar-refractivity contribution in [2.24, 2.45) is 5.73 Å². The standard InChI is InChI=1S/C9H18N2O.ClH/c1-7(2)11-6-4-3-5-8(10)9(11)12;/h7-8H,3-6,10H2,1-2H3;1H/t8-;/m0./s1. The van der Waals surface area contributed by atoms with E-state index in [9.17, 15) is 4.79 Å². The second kappa shape index (κ2) is 5.45. The van der Waals surface area contributed by atoms with Gasteiger partial charge in [-0.25, -0.2) is 0 Å². The van der Waals surface area contributed by atoms with Crippen molar-refractivity contribution in [3.05, 3.63) is 0 Å². The van der Waals surface area contributed by atoms with Gasteiger partial charge in [-0.15, -0.1) is 12.4 Å². The average molecular weight is 207 g/mol. The quantitative estimate of drug-likeness (QED) is 0.700. The molecule has 1 rings (SSSR count). The molecule has 0 aromatic heterocycles. The van der Waals surface area contributed by atoms with Gasteiger partial charge in [-0.1, -0.05) is 0 Å². The molecule has 1 saturated heterocycles. The van der Waals surface area contributed by atoms with Crippen LogP contribution < -0.4 is 5.73 Å². The molecule has 1 aliphatic rings. The SMILES string of the molecule is CC(C)N1CCCC[C@H](N)C1=O.Cl. The van der Waals surface area contributed by atoms with E-state index >= 15 is 0 Å². The molecule has 0 aromatic rings. The van der Waals surface area contributed by atoms with Gasteiger partial charge >= 0.3 is 0 Å². The Morgan fingerprint density at radius 2 is 2.08 bits per heavy atom. The Bertz CT molecular complexity index is 173. The first-order valence-electron chi connectivity index (χ1n) is 4.69. The van der Waals surface area contributed by atoms with Gasteiger partial charge in [0.25, 0.3) is 0 Å². The molecule has 78 valence electrons. The normalized spacial score (nSPS) is 24.2. The fourth-order valence-corrected chi connectivity index (χ4v) is 1.61. The Balaban J connectivity index is 0.00000144. The van der Waals surface area contributed by atoms with Crippen molar-refractivity contribution in [1.82, 2.24) is 4.90 Å². The molecule has 0 aliphatic carbocycles. The van der Waals surface area contributed by atoms with Crippen molar-refractivity contribution in [3.8, 4) is 0 Å². The lowest BCUT2D eigenvalue weighted by Gasteiger charge is -2.26. The minimum atomic E-state index is -0.255. The molecule has 0 bridgehead atoms. The van der Waals surface area contributed by atoms with E-state index in [1.807, 2.05) is 18.7 Å². The summed E-state index contributed by atoms with van der Waals surface area (Å²) in [5.74, 6) is 0.127. The van der Waals surface area contributed by atoms with Gasteiger partial charge < -0.3 is 10.6 Å². The fraction of sp³-hybridized carbons (Fsp3) is 0.889. The minimum absolute atomic E-state index is 0. The van der Waals surface area contributed by atoms with E-state index in [4.69, 9.17) is 5.73 Å². The summed E-state index contributed by atoms with van der Waals surface area (Å²) < 4.78 is 0. The minimum Gasteiger partial charge on any atom is -0.339 e. The van der Waals surface area contributed by atoms with E-state index in [0.717, 1.165) is 25.8 Å². The zero-order chi connectivity index (χ0) is 9.14. The van der Waals surface area contributed by atoms with Crippen molar-refractivity contribution >= 4 is 18.3 Å². The first-order chi connectivity index (χ1) is 5.63. The number of amides is 1. The van der Waals surface area contributed by atoms with Crippen LogP contribution in [-0.4, -0.2) is 29.4 Å². The molecule has 1 heterocycles. The third-order valence-electron chi connectivity index (χ3n) is 2.39. The van der Waals surface area contributed by atoms with Gasteiger partial charge in [0.2, 0.25) is 5.91 Å². The van der Waals surface area contributed by atoms with Crippen molar-refractivity contribution < 1.29 is 4.79 Å². The molecule has 1 aliphatic heterocycles. The molecule has 0 aromatic carbocycles. The first kappa shape index (κ1) is 12.7. The lowest BCUT2D eigenvalue weighted by atomic mass is 10.1. The maximum absolute atomic E-state index is 11.6. The summed E-state index contributed by atoms with van der Waals surface area (Å²) in [7, 11) is 0. The van der Waals surface area contributed by atoms with Crippen LogP contribution in [-0.2, 0) is 4.79 Å². The van der Waals surface area contributed by atoms with E-state index in [0.29, 0.717) is 6.04 Å². The van der Waals surface area contributed by atoms with Gasteiger partial charge in [-0.05, 0) is 33.1 Å². The molecular weight excluding hydrogens is 188 g/mol. The number of hydrogen-bond acceptors (Lipinski definition) is 2. The summed E-state index contributed by atoms with van der Waals surface area (Å²) in [6.07, 6.45) is 3.02. The third-order valence-corrected chi connectivity index (χ3v) is 2.39. The van der Waals surface area contributed by atoms with Crippen LogP contribution in [0, 0.1) is 0 Å². The third kappa shape index (κ3) is 3.16. The van der Waals surface area contributed by atoms with Crippen LogP contribution in [0.2, 0.25) is 0 Å². The predicted octanol–water partition coefficient (Wildman–Crippen LogP) is 1.16. The van der Waals surface area contributed by atoms with E-state index in [-0.39, 0.29) is 24.4 Å². The number of likely N-dealkylation sites (tertiary alicyclic amines) is 1. The summed E-state index contributed by atoms with van der Waals surface area (Å²) >= 11 is 0. The van der Waals surface area contributed by atoms with E-state index in [1.54, 1.807) is 0 Å². The summed E-state index contributed by atoms with van der Waals surface area (Å²) in [6.45, 7) is 4.95. The fourth-order valence-electron chi connectivity index (χ4n) is 1.61. The van der Waals surface area contributed by atoms with E-state index < -0.39 is 0 Å². The summed E-state index contributed by atoms with van der Waals surface area (Å²) in [5, 5.41) is 0.